The molecule has 2 N–H and O–H groups in total. The van der Waals surface area contributed by atoms with Crippen LogP contribution in [0.4, 0.5) is 5.82 Å². The van der Waals surface area contributed by atoms with E-state index < -0.39 is 0 Å². The molecule has 2 saturated heterocycles. The number of hydrogen-bond donors (Lipinski definition) is 2. The number of likely N-dealkylation sites (tertiary alicyclic amines) is 1. The predicted molar refractivity (Wildman–Crippen MR) is 129 cm³/mol. The molecule has 2 aliphatic rings. The molecule has 2 unspecified atom stereocenters. The Balaban J connectivity index is 0.00000280. The van der Waals surface area contributed by atoms with Crippen molar-refractivity contribution in [1.29, 1.82) is 0 Å². The van der Waals surface area contributed by atoms with E-state index in [4.69, 9.17) is 16.6 Å². The summed E-state index contributed by atoms with van der Waals surface area (Å²) >= 11 is 6.30. The number of hydrogen-bond acceptors (Lipinski definition) is 4. The molecule has 3 heterocycles. The number of halogens is 2. The van der Waals surface area contributed by atoms with Gasteiger partial charge in [0.25, 0.3) is 0 Å². The maximum atomic E-state index is 6.30. The van der Waals surface area contributed by atoms with E-state index in [2.05, 4.69) is 39.3 Å². The van der Waals surface area contributed by atoms with Crippen LogP contribution in [0.25, 0.3) is 0 Å². The lowest BCUT2D eigenvalue weighted by molar-refractivity contribution is 0.291. The van der Waals surface area contributed by atoms with E-state index in [1.807, 2.05) is 12.1 Å². The minimum absolute atomic E-state index is 0. The summed E-state index contributed by atoms with van der Waals surface area (Å²) in [6, 6.07) is 4.13. The fourth-order valence-corrected chi connectivity index (χ4v) is 4.15. The third kappa shape index (κ3) is 6.91. The Morgan fingerprint density at radius 2 is 2.14 bits per heavy atom. The summed E-state index contributed by atoms with van der Waals surface area (Å²) in [5.41, 5.74) is 0. The highest BCUT2D eigenvalue weighted by atomic mass is 127. The number of rotatable bonds is 7. The van der Waals surface area contributed by atoms with Gasteiger partial charge < -0.3 is 20.4 Å². The molecule has 0 spiro atoms. The van der Waals surface area contributed by atoms with Crippen molar-refractivity contribution < 1.29 is 0 Å². The lowest BCUT2D eigenvalue weighted by Gasteiger charge is -2.21. The molecule has 0 aromatic carbocycles. The largest absolute Gasteiger partial charge is 0.357 e. The Kier molecular flexibility index (Phi) is 10.1. The standard InChI is InChI=1S/C20H33ClN6.HI/c1-3-22-20(24-13-16(2)14-26-10-4-5-11-26)25-17-8-12-27(15-17)19-18(21)7-6-9-23-19;/h6-7,9,16-17H,3-5,8,10-15H2,1-2H3,(H2,22,24,25);1H. The van der Waals surface area contributed by atoms with Crippen LogP contribution in [-0.2, 0) is 0 Å². The molecule has 1 aromatic heterocycles. The third-order valence-corrected chi connectivity index (χ3v) is 5.54. The van der Waals surface area contributed by atoms with E-state index in [-0.39, 0.29) is 24.0 Å². The molecule has 2 aliphatic heterocycles. The highest BCUT2D eigenvalue weighted by Crippen LogP contribution is 2.25. The van der Waals surface area contributed by atoms with Crippen molar-refractivity contribution in [2.24, 2.45) is 10.9 Å². The molecule has 28 heavy (non-hydrogen) atoms. The predicted octanol–water partition coefficient (Wildman–Crippen LogP) is 3.22. The SMILES string of the molecule is CCNC(=NCC(C)CN1CCCC1)NC1CCN(c2ncccc2Cl)C1.I. The summed E-state index contributed by atoms with van der Waals surface area (Å²) in [7, 11) is 0. The molecular weight excluding hydrogens is 487 g/mol. The fourth-order valence-electron chi connectivity index (χ4n) is 3.90. The van der Waals surface area contributed by atoms with Crippen LogP contribution in [0.1, 0.15) is 33.1 Å². The summed E-state index contributed by atoms with van der Waals surface area (Å²) in [6.07, 6.45) is 5.55. The Morgan fingerprint density at radius 3 is 2.86 bits per heavy atom. The van der Waals surface area contributed by atoms with Gasteiger partial charge in [0, 0.05) is 45.0 Å². The number of pyridine rings is 1. The quantitative estimate of drug-likeness (QED) is 0.328. The monoisotopic (exact) mass is 520 g/mol. The average molecular weight is 521 g/mol. The van der Waals surface area contributed by atoms with Crippen molar-refractivity contribution in [3.8, 4) is 0 Å². The van der Waals surface area contributed by atoms with Crippen LogP contribution in [0, 0.1) is 5.92 Å². The van der Waals surface area contributed by atoms with E-state index in [0.29, 0.717) is 12.0 Å². The smallest absolute Gasteiger partial charge is 0.191 e. The van der Waals surface area contributed by atoms with Crippen molar-refractivity contribution in [3.63, 3.8) is 0 Å². The van der Waals surface area contributed by atoms with Crippen molar-refractivity contribution >= 4 is 47.4 Å². The number of anilines is 1. The lowest BCUT2D eigenvalue weighted by Crippen LogP contribution is -2.45. The first kappa shape index (κ1) is 23.5. The number of aromatic nitrogens is 1. The van der Waals surface area contributed by atoms with Crippen LogP contribution in [-0.4, -0.2) is 67.7 Å². The minimum Gasteiger partial charge on any atom is -0.357 e. The normalized spacial score (nSPS) is 21.5. The van der Waals surface area contributed by atoms with E-state index in [9.17, 15) is 0 Å². The molecule has 2 atom stereocenters. The maximum absolute atomic E-state index is 6.30. The molecule has 0 radical (unpaired) electrons. The van der Waals surface area contributed by atoms with Crippen molar-refractivity contribution in [2.75, 3.05) is 50.7 Å². The summed E-state index contributed by atoms with van der Waals surface area (Å²) in [5, 5.41) is 7.70. The van der Waals surface area contributed by atoms with Crippen LogP contribution in [0.5, 0.6) is 0 Å². The zero-order valence-corrected chi connectivity index (χ0v) is 20.1. The van der Waals surface area contributed by atoms with Crippen molar-refractivity contribution in [2.45, 2.75) is 39.2 Å². The Morgan fingerprint density at radius 1 is 1.36 bits per heavy atom. The van der Waals surface area contributed by atoms with E-state index >= 15 is 0 Å². The zero-order chi connectivity index (χ0) is 19.1. The van der Waals surface area contributed by atoms with Gasteiger partial charge in [0.15, 0.2) is 5.96 Å². The lowest BCUT2D eigenvalue weighted by atomic mass is 10.2. The molecule has 2 fully saturated rings. The second-order valence-electron chi connectivity index (χ2n) is 7.72. The van der Waals surface area contributed by atoms with E-state index in [1.165, 1.54) is 25.9 Å². The van der Waals surface area contributed by atoms with Gasteiger partial charge in [-0.25, -0.2) is 4.98 Å². The maximum Gasteiger partial charge on any atom is 0.191 e. The van der Waals surface area contributed by atoms with Crippen molar-refractivity contribution in [3.05, 3.63) is 23.4 Å². The van der Waals surface area contributed by atoms with Crippen LogP contribution < -0.4 is 15.5 Å². The average Bonchev–Trinajstić information content (AvgIpc) is 3.32. The Hall–Kier alpha value is -0.800. The molecule has 0 amide bonds. The molecule has 6 nitrogen and oxygen atoms in total. The first-order valence-corrected chi connectivity index (χ1v) is 10.7. The second-order valence-corrected chi connectivity index (χ2v) is 8.12. The van der Waals surface area contributed by atoms with Gasteiger partial charge in [0.1, 0.15) is 5.82 Å². The fraction of sp³-hybridized carbons (Fsp3) is 0.700. The van der Waals surface area contributed by atoms with Crippen LogP contribution in [0.3, 0.4) is 0 Å². The molecule has 1 aromatic rings. The number of nitrogens with one attached hydrogen (secondary N) is 2. The van der Waals surface area contributed by atoms with Crippen molar-refractivity contribution in [1.82, 2.24) is 20.5 Å². The van der Waals surface area contributed by atoms with Gasteiger partial charge >= 0.3 is 0 Å². The van der Waals surface area contributed by atoms with Crippen LogP contribution >= 0.6 is 35.6 Å². The van der Waals surface area contributed by atoms with Crippen LogP contribution in [0.2, 0.25) is 5.02 Å². The van der Waals surface area contributed by atoms with Gasteiger partial charge in [-0.3, -0.25) is 4.99 Å². The summed E-state index contributed by atoms with van der Waals surface area (Å²) in [5.74, 6) is 2.38. The van der Waals surface area contributed by atoms with Gasteiger partial charge in [-0.2, -0.15) is 0 Å². The molecule has 8 heteroatoms. The number of guanidine groups is 1. The highest BCUT2D eigenvalue weighted by molar-refractivity contribution is 14.0. The second kappa shape index (κ2) is 12.0. The van der Waals surface area contributed by atoms with Crippen LogP contribution in [0.15, 0.2) is 23.3 Å². The number of nitrogens with zero attached hydrogens (tertiary/aromatic N) is 4. The summed E-state index contributed by atoms with van der Waals surface area (Å²) < 4.78 is 0. The zero-order valence-electron chi connectivity index (χ0n) is 17.0. The summed E-state index contributed by atoms with van der Waals surface area (Å²) in [4.78, 5) is 14.1. The topological polar surface area (TPSA) is 55.8 Å². The first-order chi connectivity index (χ1) is 13.2. The van der Waals surface area contributed by atoms with E-state index in [1.54, 1.807) is 6.20 Å². The van der Waals surface area contributed by atoms with Gasteiger partial charge in [-0.05, 0) is 57.3 Å². The van der Waals surface area contributed by atoms with Gasteiger partial charge in [-0.1, -0.05) is 18.5 Å². The summed E-state index contributed by atoms with van der Waals surface area (Å²) in [6.45, 7) is 11.6. The molecule has 0 bridgehead atoms. The van der Waals surface area contributed by atoms with Gasteiger partial charge in [0.05, 0.1) is 5.02 Å². The molecule has 158 valence electrons. The highest BCUT2D eigenvalue weighted by Gasteiger charge is 2.25. The molecule has 0 aliphatic carbocycles. The number of aliphatic imine (C=N–C) groups is 1. The Labute approximate surface area is 191 Å². The first-order valence-electron chi connectivity index (χ1n) is 10.3. The molecular formula is C20H34ClIN6. The molecule has 3 rings (SSSR count). The van der Waals surface area contributed by atoms with Gasteiger partial charge in [0.2, 0.25) is 0 Å². The third-order valence-electron chi connectivity index (χ3n) is 5.24. The minimum atomic E-state index is 0. The molecule has 0 saturated carbocycles. The Bertz CT molecular complexity index is 622. The van der Waals surface area contributed by atoms with Gasteiger partial charge in [-0.15, -0.1) is 24.0 Å². The van der Waals surface area contributed by atoms with E-state index in [0.717, 1.165) is 55.9 Å².